The van der Waals surface area contributed by atoms with Crippen LogP contribution in [0.2, 0.25) is 0 Å². The van der Waals surface area contributed by atoms with Gasteiger partial charge in [0.25, 0.3) is 0 Å². The largest absolute Gasteiger partial charge is 0.352 e. The van der Waals surface area contributed by atoms with Gasteiger partial charge >= 0.3 is 0 Å². The van der Waals surface area contributed by atoms with Crippen molar-refractivity contribution >= 4 is 33.1 Å². The molecule has 3 rings (SSSR count). The maximum absolute atomic E-state index is 8.18. The van der Waals surface area contributed by atoms with E-state index >= 15 is 0 Å². The Morgan fingerprint density at radius 2 is 2.06 bits per heavy atom. The van der Waals surface area contributed by atoms with Gasteiger partial charge in [0.05, 0.1) is 3.79 Å². The normalized spacial score (nSPS) is 14.1. The summed E-state index contributed by atoms with van der Waals surface area (Å²) in [5.41, 5.74) is 2.36. The highest BCUT2D eigenvalue weighted by atomic mass is 79.9. The first-order chi connectivity index (χ1) is 8.74. The number of hydrogen-bond donors (Lipinski definition) is 1. The number of thiophene rings is 1. The Hall–Kier alpha value is -1.13. The van der Waals surface area contributed by atoms with E-state index in [1.165, 1.54) is 14.2 Å². The van der Waals surface area contributed by atoms with Crippen LogP contribution in [0.3, 0.4) is 0 Å². The van der Waals surface area contributed by atoms with Crippen LogP contribution in [0.15, 0.2) is 40.2 Å². The predicted octanol–water partition coefficient (Wildman–Crippen LogP) is 3.89. The summed E-state index contributed by atoms with van der Waals surface area (Å²) in [5, 5.41) is 8.18. The van der Waals surface area contributed by atoms with Gasteiger partial charge in [-0.05, 0) is 40.0 Å². The van der Waals surface area contributed by atoms with E-state index in [-0.39, 0.29) is 0 Å². The van der Waals surface area contributed by atoms with Crippen LogP contribution in [-0.4, -0.2) is 17.3 Å². The Labute approximate surface area is 119 Å². The van der Waals surface area contributed by atoms with Crippen molar-refractivity contribution in [2.24, 2.45) is 0 Å². The standard InChI is InChI=1S/C14H13BrN2S/c15-13-6-5-11(18-13)7-8-17-9-10-3-1-2-4-12(10)14(17)16/h1-6,16H,7-9H2. The van der Waals surface area contributed by atoms with Crippen LogP contribution in [0.4, 0.5) is 0 Å². The fourth-order valence-electron chi connectivity index (χ4n) is 2.27. The van der Waals surface area contributed by atoms with Crippen LogP contribution in [0.1, 0.15) is 16.0 Å². The molecule has 1 aromatic heterocycles. The van der Waals surface area contributed by atoms with Gasteiger partial charge < -0.3 is 4.90 Å². The number of benzene rings is 1. The van der Waals surface area contributed by atoms with Crippen molar-refractivity contribution < 1.29 is 0 Å². The van der Waals surface area contributed by atoms with E-state index in [4.69, 9.17) is 5.41 Å². The molecule has 1 aromatic carbocycles. The topological polar surface area (TPSA) is 27.1 Å². The van der Waals surface area contributed by atoms with Crippen molar-refractivity contribution in [3.05, 3.63) is 56.2 Å². The molecule has 2 nitrogen and oxygen atoms in total. The Kier molecular flexibility index (Phi) is 3.22. The third kappa shape index (κ3) is 2.22. The second-order valence-corrected chi connectivity index (χ2v) is 6.93. The monoisotopic (exact) mass is 320 g/mol. The van der Waals surface area contributed by atoms with E-state index in [1.807, 2.05) is 18.2 Å². The number of rotatable bonds is 3. The second kappa shape index (κ2) is 4.86. The van der Waals surface area contributed by atoms with Gasteiger partial charge in [0.15, 0.2) is 0 Å². The fourth-order valence-corrected chi connectivity index (χ4v) is 3.74. The van der Waals surface area contributed by atoms with Crippen LogP contribution in [0, 0.1) is 5.41 Å². The minimum absolute atomic E-state index is 0.668. The molecule has 0 bridgehead atoms. The fraction of sp³-hybridized carbons (Fsp3) is 0.214. The quantitative estimate of drug-likeness (QED) is 0.912. The van der Waals surface area contributed by atoms with E-state index < -0.39 is 0 Å². The molecule has 1 aliphatic heterocycles. The highest BCUT2D eigenvalue weighted by Gasteiger charge is 2.22. The molecule has 18 heavy (non-hydrogen) atoms. The molecule has 0 spiro atoms. The van der Waals surface area contributed by atoms with E-state index in [2.05, 4.69) is 39.0 Å². The molecular weight excluding hydrogens is 308 g/mol. The van der Waals surface area contributed by atoms with E-state index in [1.54, 1.807) is 11.3 Å². The molecule has 0 unspecified atom stereocenters. The summed E-state index contributed by atoms with van der Waals surface area (Å²) in [6, 6.07) is 12.5. The Morgan fingerprint density at radius 3 is 2.78 bits per heavy atom. The summed E-state index contributed by atoms with van der Waals surface area (Å²) in [7, 11) is 0. The van der Waals surface area contributed by atoms with E-state index in [0.29, 0.717) is 5.84 Å². The molecule has 2 aromatic rings. The van der Waals surface area contributed by atoms with Crippen molar-refractivity contribution in [2.45, 2.75) is 13.0 Å². The smallest absolute Gasteiger partial charge is 0.128 e. The lowest BCUT2D eigenvalue weighted by molar-refractivity contribution is 0.433. The van der Waals surface area contributed by atoms with Crippen LogP contribution < -0.4 is 0 Å². The molecule has 4 heteroatoms. The molecule has 0 amide bonds. The number of fused-ring (bicyclic) bond motifs is 1. The van der Waals surface area contributed by atoms with Gasteiger partial charge in [0.1, 0.15) is 5.84 Å². The number of amidine groups is 1. The Balaban J connectivity index is 1.68. The number of hydrogen-bond acceptors (Lipinski definition) is 2. The average molecular weight is 321 g/mol. The molecule has 2 heterocycles. The predicted molar refractivity (Wildman–Crippen MR) is 79.4 cm³/mol. The van der Waals surface area contributed by atoms with E-state index in [0.717, 1.165) is 25.1 Å². The lowest BCUT2D eigenvalue weighted by Gasteiger charge is -2.17. The first kappa shape index (κ1) is 11.9. The van der Waals surface area contributed by atoms with Crippen LogP contribution >= 0.6 is 27.3 Å². The van der Waals surface area contributed by atoms with Crippen LogP contribution in [0.25, 0.3) is 0 Å². The molecule has 0 atom stereocenters. The zero-order chi connectivity index (χ0) is 12.5. The SMILES string of the molecule is N=C1c2ccccc2CN1CCc1ccc(Br)s1. The zero-order valence-corrected chi connectivity index (χ0v) is 12.2. The summed E-state index contributed by atoms with van der Waals surface area (Å²) >= 11 is 5.26. The van der Waals surface area contributed by atoms with Crippen molar-refractivity contribution in [2.75, 3.05) is 6.54 Å². The molecule has 0 saturated carbocycles. The highest BCUT2D eigenvalue weighted by Crippen LogP contribution is 2.25. The first-order valence-electron chi connectivity index (χ1n) is 5.90. The second-order valence-electron chi connectivity index (χ2n) is 4.38. The van der Waals surface area contributed by atoms with Gasteiger partial charge in [-0.3, -0.25) is 5.41 Å². The summed E-state index contributed by atoms with van der Waals surface area (Å²) in [5.74, 6) is 0.668. The minimum Gasteiger partial charge on any atom is -0.352 e. The molecule has 0 fully saturated rings. The Morgan fingerprint density at radius 1 is 1.22 bits per heavy atom. The van der Waals surface area contributed by atoms with Crippen molar-refractivity contribution in [3.63, 3.8) is 0 Å². The first-order valence-corrected chi connectivity index (χ1v) is 7.51. The molecule has 0 radical (unpaired) electrons. The molecule has 92 valence electrons. The third-order valence-electron chi connectivity index (χ3n) is 3.21. The van der Waals surface area contributed by atoms with Gasteiger partial charge in [-0.2, -0.15) is 0 Å². The summed E-state index contributed by atoms with van der Waals surface area (Å²) < 4.78 is 1.18. The summed E-state index contributed by atoms with van der Waals surface area (Å²) in [6.45, 7) is 1.79. The minimum atomic E-state index is 0.668. The molecular formula is C14H13BrN2S. The van der Waals surface area contributed by atoms with Crippen LogP contribution in [0.5, 0.6) is 0 Å². The van der Waals surface area contributed by atoms with Gasteiger partial charge in [-0.15, -0.1) is 11.3 Å². The summed E-state index contributed by atoms with van der Waals surface area (Å²) in [6.07, 6.45) is 1.01. The van der Waals surface area contributed by atoms with Gasteiger partial charge in [-0.25, -0.2) is 0 Å². The average Bonchev–Trinajstić information content (AvgIpc) is 2.92. The van der Waals surface area contributed by atoms with Crippen molar-refractivity contribution in [3.8, 4) is 0 Å². The molecule has 0 saturated heterocycles. The van der Waals surface area contributed by atoms with Gasteiger partial charge in [0, 0.05) is 23.5 Å². The Bertz CT molecular complexity index is 591. The maximum atomic E-state index is 8.18. The zero-order valence-electron chi connectivity index (χ0n) is 9.82. The molecule has 1 aliphatic rings. The van der Waals surface area contributed by atoms with Crippen molar-refractivity contribution in [1.29, 1.82) is 5.41 Å². The van der Waals surface area contributed by atoms with Crippen molar-refractivity contribution in [1.82, 2.24) is 4.90 Å². The van der Waals surface area contributed by atoms with Crippen LogP contribution in [-0.2, 0) is 13.0 Å². The highest BCUT2D eigenvalue weighted by molar-refractivity contribution is 9.11. The molecule has 1 N–H and O–H groups in total. The van der Waals surface area contributed by atoms with Gasteiger partial charge in [0.2, 0.25) is 0 Å². The maximum Gasteiger partial charge on any atom is 0.128 e. The number of nitrogens with one attached hydrogen (secondary N) is 1. The number of nitrogens with zero attached hydrogens (tertiary/aromatic N) is 1. The lowest BCUT2D eigenvalue weighted by atomic mass is 10.1. The third-order valence-corrected chi connectivity index (χ3v) is 4.89. The van der Waals surface area contributed by atoms with Gasteiger partial charge in [-0.1, -0.05) is 24.3 Å². The summed E-state index contributed by atoms with van der Waals surface area (Å²) in [4.78, 5) is 3.52. The van der Waals surface area contributed by atoms with E-state index in [9.17, 15) is 0 Å². The molecule has 0 aliphatic carbocycles. The number of halogens is 1. The lowest BCUT2D eigenvalue weighted by Crippen LogP contribution is -2.26.